The third-order valence-corrected chi connectivity index (χ3v) is 4.42. The van der Waals surface area contributed by atoms with Gasteiger partial charge in [0.05, 0.1) is 36.9 Å². The van der Waals surface area contributed by atoms with E-state index in [0.29, 0.717) is 21.7 Å². The van der Waals surface area contributed by atoms with Gasteiger partial charge >= 0.3 is 0 Å². The quantitative estimate of drug-likeness (QED) is 0.658. The van der Waals surface area contributed by atoms with Crippen LogP contribution >= 0.6 is 11.3 Å². The van der Waals surface area contributed by atoms with Crippen LogP contribution in [0.4, 0.5) is 5.69 Å². The predicted molar refractivity (Wildman–Crippen MR) is 82.8 cm³/mol. The van der Waals surface area contributed by atoms with Gasteiger partial charge < -0.3 is 26.0 Å². The van der Waals surface area contributed by atoms with Crippen molar-refractivity contribution in [2.75, 3.05) is 26.1 Å². The molecular formula is C14H18N2O4S. The number of nitrogen functional groups attached to an aromatic ring is 1. The van der Waals surface area contributed by atoms with Gasteiger partial charge in [-0.05, 0) is 19.1 Å². The molecule has 0 saturated heterocycles. The summed E-state index contributed by atoms with van der Waals surface area (Å²) in [5, 5.41) is 21.8. The molecule has 0 aliphatic rings. The van der Waals surface area contributed by atoms with Gasteiger partial charge in [0.2, 0.25) is 0 Å². The minimum absolute atomic E-state index is 0.336. The second kappa shape index (κ2) is 5.88. The van der Waals surface area contributed by atoms with Crippen molar-refractivity contribution in [3.63, 3.8) is 0 Å². The molecular weight excluding hydrogens is 292 g/mol. The number of benzene rings is 1. The van der Waals surface area contributed by atoms with Crippen LogP contribution in [0.3, 0.4) is 0 Å². The van der Waals surface area contributed by atoms with Crippen LogP contribution < -0.4 is 15.8 Å². The summed E-state index contributed by atoms with van der Waals surface area (Å²) in [7, 11) is 1.54. The van der Waals surface area contributed by atoms with E-state index in [1.54, 1.807) is 20.1 Å². The fourth-order valence-corrected chi connectivity index (χ4v) is 2.97. The molecule has 0 unspecified atom stereocenters. The molecule has 0 radical (unpaired) electrons. The molecule has 1 heterocycles. The van der Waals surface area contributed by atoms with Crippen molar-refractivity contribution in [3.8, 4) is 5.75 Å². The van der Waals surface area contributed by atoms with Crippen molar-refractivity contribution in [1.82, 2.24) is 5.32 Å². The Morgan fingerprint density at radius 1 is 1.43 bits per heavy atom. The summed E-state index contributed by atoms with van der Waals surface area (Å²) in [6.07, 6.45) is 0. The molecule has 0 fully saturated rings. The molecule has 0 aliphatic heterocycles. The van der Waals surface area contributed by atoms with Crippen molar-refractivity contribution in [3.05, 3.63) is 23.1 Å². The van der Waals surface area contributed by atoms with Crippen molar-refractivity contribution in [1.29, 1.82) is 0 Å². The number of methoxy groups -OCH3 is 1. The number of nitrogens with one attached hydrogen (secondary N) is 1. The molecule has 1 aromatic heterocycles. The monoisotopic (exact) mass is 310 g/mol. The number of aliphatic hydroxyl groups is 2. The topological polar surface area (TPSA) is 105 Å². The molecule has 0 atom stereocenters. The van der Waals surface area contributed by atoms with Gasteiger partial charge in [-0.3, -0.25) is 4.79 Å². The van der Waals surface area contributed by atoms with Crippen molar-refractivity contribution in [2.45, 2.75) is 12.5 Å². The molecule has 2 rings (SSSR count). The van der Waals surface area contributed by atoms with Gasteiger partial charge in [0.15, 0.2) is 0 Å². The van der Waals surface area contributed by atoms with Gasteiger partial charge in [-0.15, -0.1) is 11.3 Å². The minimum atomic E-state index is -1.09. The number of amides is 1. The molecule has 0 saturated carbocycles. The van der Waals surface area contributed by atoms with Gasteiger partial charge in [0, 0.05) is 4.70 Å². The van der Waals surface area contributed by atoms with Gasteiger partial charge in [-0.2, -0.15) is 0 Å². The highest BCUT2D eigenvalue weighted by molar-refractivity contribution is 7.21. The number of hydrogen-bond donors (Lipinski definition) is 4. The normalized spacial score (nSPS) is 11.6. The van der Waals surface area contributed by atoms with Crippen LogP contribution in [0.25, 0.3) is 10.1 Å². The Morgan fingerprint density at radius 2 is 2.10 bits per heavy atom. The first-order chi connectivity index (χ1) is 9.95. The van der Waals surface area contributed by atoms with Crippen LogP contribution in [0.1, 0.15) is 16.6 Å². The third kappa shape index (κ3) is 2.80. The number of ether oxygens (including phenoxy) is 1. The molecule has 0 spiro atoms. The summed E-state index contributed by atoms with van der Waals surface area (Å²) in [6.45, 7) is 0.807. The van der Waals surface area contributed by atoms with Crippen LogP contribution in [0.5, 0.6) is 5.75 Å². The number of carbonyl (C=O) groups is 1. The number of rotatable bonds is 5. The summed E-state index contributed by atoms with van der Waals surface area (Å²) in [6, 6.07) is 5.45. The van der Waals surface area contributed by atoms with Crippen LogP contribution in [0, 0.1) is 0 Å². The number of aliphatic hydroxyl groups excluding tert-OH is 2. The SMILES string of the molecule is COc1cccc2sc(C(=O)NC(C)(CO)CO)c(N)c12. The zero-order chi connectivity index (χ0) is 15.6. The Morgan fingerprint density at radius 3 is 2.67 bits per heavy atom. The Labute approximate surface area is 126 Å². The van der Waals surface area contributed by atoms with Crippen LogP contribution in [0.15, 0.2) is 18.2 Å². The van der Waals surface area contributed by atoms with E-state index in [1.807, 2.05) is 12.1 Å². The zero-order valence-electron chi connectivity index (χ0n) is 11.8. The smallest absolute Gasteiger partial charge is 0.264 e. The number of fused-ring (bicyclic) bond motifs is 1. The van der Waals surface area contributed by atoms with Crippen LogP contribution in [0.2, 0.25) is 0 Å². The van der Waals surface area contributed by atoms with Gasteiger partial charge in [0.25, 0.3) is 5.91 Å². The minimum Gasteiger partial charge on any atom is -0.496 e. The van der Waals surface area contributed by atoms with E-state index in [0.717, 1.165) is 4.70 Å². The third-order valence-electron chi connectivity index (χ3n) is 3.25. The second-order valence-corrected chi connectivity index (χ2v) is 6.06. The van der Waals surface area contributed by atoms with E-state index >= 15 is 0 Å². The first kappa shape index (κ1) is 15.6. The predicted octanol–water partition coefficient (Wildman–Crippen LogP) is 0.965. The maximum absolute atomic E-state index is 12.3. The zero-order valence-corrected chi connectivity index (χ0v) is 12.7. The van der Waals surface area contributed by atoms with Crippen molar-refractivity contribution < 1.29 is 19.7 Å². The summed E-state index contributed by atoms with van der Waals surface area (Å²) in [5.41, 5.74) is 5.31. The Bertz CT molecular complexity index is 664. The molecule has 7 heteroatoms. The summed E-state index contributed by atoms with van der Waals surface area (Å²) >= 11 is 1.24. The van der Waals surface area contributed by atoms with Gasteiger partial charge in [0.1, 0.15) is 10.6 Å². The number of nitrogens with two attached hydrogens (primary N) is 1. The van der Waals surface area contributed by atoms with Gasteiger partial charge in [-0.25, -0.2) is 0 Å². The lowest BCUT2D eigenvalue weighted by atomic mass is 10.1. The van der Waals surface area contributed by atoms with Crippen molar-refractivity contribution in [2.24, 2.45) is 0 Å². The molecule has 2 aromatic rings. The van der Waals surface area contributed by atoms with E-state index in [4.69, 9.17) is 10.5 Å². The summed E-state index contributed by atoms with van der Waals surface area (Å²) < 4.78 is 6.10. The fraction of sp³-hybridized carbons (Fsp3) is 0.357. The number of anilines is 1. The largest absolute Gasteiger partial charge is 0.496 e. The Balaban J connectivity index is 2.43. The Hall–Kier alpha value is -1.83. The molecule has 0 aliphatic carbocycles. The fourth-order valence-electron chi connectivity index (χ4n) is 1.94. The number of thiophene rings is 1. The second-order valence-electron chi connectivity index (χ2n) is 5.01. The maximum Gasteiger partial charge on any atom is 0.264 e. The molecule has 1 amide bonds. The molecule has 6 nitrogen and oxygen atoms in total. The Kier molecular flexibility index (Phi) is 4.36. The average molecular weight is 310 g/mol. The number of hydrogen-bond acceptors (Lipinski definition) is 6. The highest BCUT2D eigenvalue weighted by atomic mass is 32.1. The molecule has 0 bridgehead atoms. The van der Waals surface area contributed by atoms with E-state index in [9.17, 15) is 15.0 Å². The van der Waals surface area contributed by atoms with Crippen LogP contribution in [-0.4, -0.2) is 42.0 Å². The lowest BCUT2D eigenvalue weighted by Gasteiger charge is -2.25. The van der Waals surface area contributed by atoms with E-state index < -0.39 is 11.4 Å². The van der Waals surface area contributed by atoms with Gasteiger partial charge in [-0.1, -0.05) is 6.07 Å². The lowest BCUT2D eigenvalue weighted by Crippen LogP contribution is -2.51. The summed E-state index contributed by atoms with van der Waals surface area (Å²) in [5.74, 6) is 0.175. The average Bonchev–Trinajstić information content (AvgIpc) is 2.84. The standard InChI is InChI=1S/C14H18N2O4S/c1-14(6-17,7-18)16-13(19)12-11(15)10-8(20-2)4-3-5-9(10)21-12/h3-5,17-18H,6-7,15H2,1-2H3,(H,16,19). The number of carbonyl (C=O) groups excluding carboxylic acids is 1. The van der Waals surface area contributed by atoms with E-state index in [1.165, 1.54) is 11.3 Å². The first-order valence-corrected chi connectivity index (χ1v) is 7.16. The highest BCUT2D eigenvalue weighted by Crippen LogP contribution is 2.39. The van der Waals surface area contributed by atoms with E-state index in [2.05, 4.69) is 5.32 Å². The van der Waals surface area contributed by atoms with Crippen LogP contribution in [-0.2, 0) is 0 Å². The molecule has 114 valence electrons. The summed E-state index contributed by atoms with van der Waals surface area (Å²) in [4.78, 5) is 12.7. The molecule has 5 N–H and O–H groups in total. The maximum atomic E-state index is 12.3. The highest BCUT2D eigenvalue weighted by Gasteiger charge is 2.27. The first-order valence-electron chi connectivity index (χ1n) is 6.35. The van der Waals surface area contributed by atoms with Crippen molar-refractivity contribution >= 4 is 33.0 Å². The lowest BCUT2D eigenvalue weighted by molar-refractivity contribution is 0.0728. The molecule has 21 heavy (non-hydrogen) atoms. The molecule has 1 aromatic carbocycles. The van der Waals surface area contributed by atoms with E-state index in [-0.39, 0.29) is 13.2 Å².